The largest absolute Gasteiger partial charge is 0.357 e. The van der Waals surface area contributed by atoms with Gasteiger partial charge < -0.3 is 15.5 Å². The van der Waals surface area contributed by atoms with Gasteiger partial charge in [-0.25, -0.2) is 14.4 Å². The molecule has 1 fully saturated rings. The van der Waals surface area contributed by atoms with Gasteiger partial charge in [-0.05, 0) is 44.5 Å². The Morgan fingerprint density at radius 1 is 1.33 bits per heavy atom. The van der Waals surface area contributed by atoms with Crippen molar-refractivity contribution in [2.24, 2.45) is 4.99 Å². The Labute approximate surface area is 176 Å². The number of aromatic nitrogens is 2. The van der Waals surface area contributed by atoms with E-state index in [0.717, 1.165) is 36.9 Å². The molecule has 2 aromatic rings. The normalized spacial score (nSPS) is 16.8. The van der Waals surface area contributed by atoms with E-state index in [1.807, 2.05) is 36.9 Å². The Morgan fingerprint density at radius 3 is 2.93 bits per heavy atom. The van der Waals surface area contributed by atoms with Gasteiger partial charge in [0.1, 0.15) is 0 Å². The van der Waals surface area contributed by atoms with Crippen molar-refractivity contribution in [3.05, 3.63) is 53.7 Å². The van der Waals surface area contributed by atoms with Crippen molar-refractivity contribution in [3.8, 4) is 0 Å². The number of aliphatic imine (C=N–C) groups is 1. The van der Waals surface area contributed by atoms with Crippen LogP contribution in [0, 0.1) is 12.7 Å². The van der Waals surface area contributed by atoms with Crippen LogP contribution in [0.3, 0.4) is 0 Å². The lowest BCUT2D eigenvalue weighted by atomic mass is 10.3. The summed E-state index contributed by atoms with van der Waals surface area (Å²) in [6.07, 6.45) is 2.53. The molecule has 8 heteroatoms. The standard InChI is InChI=1S/C19H25FN6.HI/c1-3-21-19(23-12-15-7-4-6-14(2)24-15)25-16-9-11-26(13-16)18-17(20)8-5-10-22-18;/h4-8,10,16H,3,9,11-13H2,1-2H3,(H2,21,23,25);1H. The molecule has 146 valence electrons. The van der Waals surface area contributed by atoms with Crippen LogP contribution in [0.15, 0.2) is 41.5 Å². The molecule has 0 spiro atoms. The molecule has 1 aliphatic rings. The van der Waals surface area contributed by atoms with Crippen LogP contribution in [0.4, 0.5) is 10.2 Å². The number of pyridine rings is 2. The van der Waals surface area contributed by atoms with Gasteiger partial charge in [0.25, 0.3) is 0 Å². The van der Waals surface area contributed by atoms with Crippen molar-refractivity contribution in [3.63, 3.8) is 0 Å². The van der Waals surface area contributed by atoms with Gasteiger partial charge >= 0.3 is 0 Å². The molecule has 0 amide bonds. The predicted octanol–water partition coefficient (Wildman–Crippen LogP) is 2.88. The molecular formula is C19H26FIN6. The first kappa shape index (κ1) is 21.3. The number of nitrogens with zero attached hydrogens (tertiary/aromatic N) is 4. The van der Waals surface area contributed by atoms with Crippen LogP contribution in [0.5, 0.6) is 0 Å². The van der Waals surface area contributed by atoms with E-state index in [1.54, 1.807) is 12.3 Å². The average Bonchev–Trinajstić information content (AvgIpc) is 3.09. The highest BCUT2D eigenvalue weighted by Gasteiger charge is 2.25. The second-order valence-electron chi connectivity index (χ2n) is 6.35. The quantitative estimate of drug-likeness (QED) is 0.388. The third-order valence-corrected chi connectivity index (χ3v) is 4.26. The molecule has 6 nitrogen and oxygen atoms in total. The fourth-order valence-electron chi connectivity index (χ4n) is 3.04. The Kier molecular flexibility index (Phi) is 8.21. The summed E-state index contributed by atoms with van der Waals surface area (Å²) in [4.78, 5) is 15.2. The van der Waals surface area contributed by atoms with Crippen LogP contribution in [-0.2, 0) is 6.54 Å². The maximum atomic E-state index is 13.9. The van der Waals surface area contributed by atoms with Crippen LogP contribution < -0.4 is 15.5 Å². The average molecular weight is 484 g/mol. The molecule has 3 rings (SSSR count). The number of nitrogens with one attached hydrogen (secondary N) is 2. The number of guanidine groups is 1. The van der Waals surface area contributed by atoms with E-state index >= 15 is 0 Å². The molecule has 0 bridgehead atoms. The lowest BCUT2D eigenvalue weighted by molar-refractivity contribution is 0.612. The lowest BCUT2D eigenvalue weighted by Crippen LogP contribution is -2.44. The first-order valence-electron chi connectivity index (χ1n) is 8.98. The number of aryl methyl sites for hydroxylation is 1. The van der Waals surface area contributed by atoms with Crippen LogP contribution >= 0.6 is 24.0 Å². The summed E-state index contributed by atoms with van der Waals surface area (Å²) in [6.45, 7) is 6.76. The van der Waals surface area contributed by atoms with E-state index in [4.69, 9.17) is 0 Å². The second-order valence-corrected chi connectivity index (χ2v) is 6.35. The number of hydrogen-bond donors (Lipinski definition) is 2. The van der Waals surface area contributed by atoms with Gasteiger partial charge in [-0.3, -0.25) is 4.98 Å². The molecule has 2 N–H and O–H groups in total. The third-order valence-electron chi connectivity index (χ3n) is 4.26. The monoisotopic (exact) mass is 484 g/mol. The number of halogens is 2. The van der Waals surface area contributed by atoms with Crippen molar-refractivity contribution in [2.45, 2.75) is 32.9 Å². The molecule has 27 heavy (non-hydrogen) atoms. The van der Waals surface area contributed by atoms with E-state index in [-0.39, 0.29) is 35.8 Å². The van der Waals surface area contributed by atoms with Gasteiger partial charge in [-0.2, -0.15) is 0 Å². The molecule has 1 unspecified atom stereocenters. The van der Waals surface area contributed by atoms with Gasteiger partial charge in [-0.1, -0.05) is 6.07 Å². The predicted molar refractivity (Wildman–Crippen MR) is 117 cm³/mol. The third kappa shape index (κ3) is 6.02. The van der Waals surface area contributed by atoms with E-state index in [2.05, 4.69) is 25.6 Å². The van der Waals surface area contributed by atoms with Crippen LogP contribution in [0.1, 0.15) is 24.7 Å². The summed E-state index contributed by atoms with van der Waals surface area (Å²) in [5.74, 6) is 0.895. The summed E-state index contributed by atoms with van der Waals surface area (Å²) < 4.78 is 13.9. The molecule has 3 heterocycles. The van der Waals surface area contributed by atoms with E-state index in [9.17, 15) is 4.39 Å². The zero-order valence-corrected chi connectivity index (χ0v) is 18.0. The summed E-state index contributed by atoms with van der Waals surface area (Å²) in [6, 6.07) is 9.19. The van der Waals surface area contributed by atoms with E-state index < -0.39 is 0 Å². The second kappa shape index (κ2) is 10.4. The van der Waals surface area contributed by atoms with E-state index in [1.165, 1.54) is 6.07 Å². The minimum atomic E-state index is -0.278. The summed E-state index contributed by atoms with van der Waals surface area (Å²) >= 11 is 0. The van der Waals surface area contributed by atoms with Gasteiger partial charge in [0.15, 0.2) is 17.6 Å². The Hall–Kier alpha value is -1.97. The minimum absolute atomic E-state index is 0. The zero-order valence-electron chi connectivity index (χ0n) is 15.7. The maximum absolute atomic E-state index is 13.9. The Bertz CT molecular complexity index is 769. The van der Waals surface area contributed by atoms with E-state index in [0.29, 0.717) is 18.9 Å². The first-order valence-corrected chi connectivity index (χ1v) is 8.98. The van der Waals surface area contributed by atoms with Gasteiger partial charge in [-0.15, -0.1) is 24.0 Å². The summed E-state index contributed by atoms with van der Waals surface area (Å²) in [5, 5.41) is 6.70. The molecular weight excluding hydrogens is 458 g/mol. The fraction of sp³-hybridized carbons (Fsp3) is 0.421. The highest BCUT2D eigenvalue weighted by molar-refractivity contribution is 14.0. The smallest absolute Gasteiger partial charge is 0.191 e. The van der Waals surface area contributed by atoms with Crippen molar-refractivity contribution in [1.82, 2.24) is 20.6 Å². The van der Waals surface area contributed by atoms with Crippen molar-refractivity contribution in [2.75, 3.05) is 24.5 Å². The topological polar surface area (TPSA) is 65.4 Å². The Balaban J connectivity index is 0.00000261. The SMILES string of the molecule is CCNC(=NCc1cccc(C)n1)NC1CCN(c2ncccc2F)C1.I. The fourth-order valence-corrected chi connectivity index (χ4v) is 3.04. The molecule has 1 atom stereocenters. The van der Waals surface area contributed by atoms with Gasteiger partial charge in [0.05, 0.1) is 12.2 Å². The number of hydrogen-bond acceptors (Lipinski definition) is 4. The number of anilines is 1. The van der Waals surface area contributed by atoms with Crippen LogP contribution in [-0.4, -0.2) is 41.6 Å². The highest BCUT2D eigenvalue weighted by atomic mass is 127. The Morgan fingerprint density at radius 2 is 2.19 bits per heavy atom. The summed E-state index contributed by atoms with van der Waals surface area (Å²) in [7, 11) is 0. The van der Waals surface area contributed by atoms with Crippen molar-refractivity contribution in [1.29, 1.82) is 0 Å². The van der Waals surface area contributed by atoms with Gasteiger partial charge in [0.2, 0.25) is 0 Å². The molecule has 1 aliphatic heterocycles. The van der Waals surface area contributed by atoms with Crippen LogP contribution in [0.2, 0.25) is 0 Å². The maximum Gasteiger partial charge on any atom is 0.191 e. The lowest BCUT2D eigenvalue weighted by Gasteiger charge is -2.19. The molecule has 0 radical (unpaired) electrons. The highest BCUT2D eigenvalue weighted by Crippen LogP contribution is 2.20. The summed E-state index contributed by atoms with van der Waals surface area (Å²) in [5.41, 5.74) is 1.92. The molecule has 1 saturated heterocycles. The minimum Gasteiger partial charge on any atom is -0.357 e. The zero-order chi connectivity index (χ0) is 18.4. The molecule has 0 aliphatic carbocycles. The molecule has 2 aromatic heterocycles. The van der Waals surface area contributed by atoms with Crippen molar-refractivity contribution >= 4 is 35.8 Å². The molecule has 0 aromatic carbocycles. The van der Waals surface area contributed by atoms with Crippen molar-refractivity contribution < 1.29 is 4.39 Å². The molecule has 0 saturated carbocycles. The van der Waals surface area contributed by atoms with Gasteiger partial charge in [0, 0.05) is 37.6 Å². The number of rotatable bonds is 5. The first-order chi connectivity index (χ1) is 12.7. The van der Waals surface area contributed by atoms with Crippen LogP contribution in [0.25, 0.3) is 0 Å².